The Labute approximate surface area is 102 Å². The van der Waals surface area contributed by atoms with Crippen molar-refractivity contribution in [1.82, 2.24) is 4.98 Å². The summed E-state index contributed by atoms with van der Waals surface area (Å²) in [4.78, 5) is 25.8. The first-order chi connectivity index (χ1) is 7.61. The molecule has 3 N–H and O–H groups in total. The van der Waals surface area contributed by atoms with E-state index in [-0.39, 0.29) is 17.6 Å². The van der Waals surface area contributed by atoms with Crippen LogP contribution >= 0.6 is 23.1 Å². The zero-order valence-corrected chi connectivity index (χ0v) is 10.5. The predicted molar refractivity (Wildman–Crippen MR) is 66.4 cm³/mol. The molecule has 88 valence electrons. The van der Waals surface area contributed by atoms with Crippen LogP contribution in [0.25, 0.3) is 0 Å². The Kier molecular flexibility index (Phi) is 5.27. The lowest BCUT2D eigenvalue weighted by atomic mass is 10.5. The Bertz CT molecular complexity index is 379. The molecule has 0 atom stereocenters. The highest BCUT2D eigenvalue weighted by Crippen LogP contribution is 2.19. The van der Waals surface area contributed by atoms with Gasteiger partial charge in [-0.15, -0.1) is 23.1 Å². The summed E-state index contributed by atoms with van der Waals surface area (Å²) in [5.74, 6) is 0.528. The number of hydrogen-bond donors (Lipinski definition) is 2. The number of carbonyl (C=O) groups excluding carboxylic acids is 2. The highest BCUT2D eigenvalue weighted by Gasteiger charge is 2.05. The van der Waals surface area contributed by atoms with Gasteiger partial charge in [0.15, 0.2) is 5.13 Å². The largest absolute Gasteiger partial charge is 0.369 e. The molecule has 0 saturated heterocycles. The normalized spacial score (nSPS) is 10.1. The van der Waals surface area contributed by atoms with Crippen molar-refractivity contribution < 1.29 is 9.59 Å². The fourth-order valence-corrected chi connectivity index (χ4v) is 2.39. The van der Waals surface area contributed by atoms with Gasteiger partial charge in [0.25, 0.3) is 0 Å². The third kappa shape index (κ3) is 4.63. The number of thiazole rings is 1. The molecule has 0 saturated carbocycles. The lowest BCUT2D eigenvalue weighted by Gasteiger charge is -1.97. The molecule has 1 rings (SSSR count). The molecule has 0 aliphatic rings. The standard InChI is InChI=1S/C9H13N3O2S2/c1-2-8(14)12-9-11-6(4-16-9)3-15-5-7(10)13/h4H,2-3,5H2,1H3,(H2,10,13)(H,11,12,14). The molecule has 1 aromatic rings. The Morgan fingerprint density at radius 2 is 2.38 bits per heavy atom. The second-order valence-electron chi connectivity index (χ2n) is 3.00. The first kappa shape index (κ1) is 13.0. The van der Waals surface area contributed by atoms with E-state index < -0.39 is 0 Å². The van der Waals surface area contributed by atoms with Crippen LogP contribution in [0, 0.1) is 0 Å². The molecule has 0 spiro atoms. The Balaban J connectivity index is 2.39. The topological polar surface area (TPSA) is 85.1 Å². The predicted octanol–water partition coefficient (Wildman–Crippen LogP) is 1.21. The summed E-state index contributed by atoms with van der Waals surface area (Å²) in [5, 5.41) is 5.14. The van der Waals surface area contributed by atoms with Gasteiger partial charge >= 0.3 is 0 Å². The second kappa shape index (κ2) is 6.49. The maximum absolute atomic E-state index is 11.1. The van der Waals surface area contributed by atoms with E-state index in [1.54, 1.807) is 6.92 Å². The number of aromatic nitrogens is 1. The molecule has 7 heteroatoms. The highest BCUT2D eigenvalue weighted by molar-refractivity contribution is 7.99. The van der Waals surface area contributed by atoms with Gasteiger partial charge in [0.1, 0.15) is 0 Å². The van der Waals surface area contributed by atoms with Gasteiger partial charge in [-0.1, -0.05) is 6.92 Å². The van der Waals surface area contributed by atoms with E-state index in [1.807, 2.05) is 5.38 Å². The molecule has 1 aromatic heterocycles. The van der Waals surface area contributed by atoms with Crippen LogP contribution in [0.15, 0.2) is 5.38 Å². The Morgan fingerprint density at radius 1 is 1.62 bits per heavy atom. The third-order valence-corrected chi connectivity index (χ3v) is 3.41. The fraction of sp³-hybridized carbons (Fsp3) is 0.444. The molecule has 16 heavy (non-hydrogen) atoms. The van der Waals surface area contributed by atoms with Crippen molar-refractivity contribution in [3.8, 4) is 0 Å². The molecule has 0 aliphatic heterocycles. The van der Waals surface area contributed by atoms with Crippen molar-refractivity contribution in [1.29, 1.82) is 0 Å². The monoisotopic (exact) mass is 259 g/mol. The zero-order chi connectivity index (χ0) is 12.0. The van der Waals surface area contributed by atoms with Crippen LogP contribution in [0.1, 0.15) is 19.0 Å². The van der Waals surface area contributed by atoms with Crippen molar-refractivity contribution in [3.63, 3.8) is 0 Å². The van der Waals surface area contributed by atoms with Gasteiger partial charge in [-0.2, -0.15) is 0 Å². The lowest BCUT2D eigenvalue weighted by molar-refractivity contribution is -0.116. The summed E-state index contributed by atoms with van der Waals surface area (Å²) < 4.78 is 0. The summed E-state index contributed by atoms with van der Waals surface area (Å²) >= 11 is 2.79. The average molecular weight is 259 g/mol. The van der Waals surface area contributed by atoms with E-state index in [4.69, 9.17) is 5.73 Å². The molecule has 0 bridgehead atoms. The van der Waals surface area contributed by atoms with Gasteiger partial charge in [-0.3, -0.25) is 9.59 Å². The van der Waals surface area contributed by atoms with Crippen LogP contribution in [0.5, 0.6) is 0 Å². The summed E-state index contributed by atoms with van der Waals surface area (Å²) in [6, 6.07) is 0. The molecule has 0 fully saturated rings. The molecule has 0 aromatic carbocycles. The Morgan fingerprint density at radius 3 is 3.00 bits per heavy atom. The number of carbonyl (C=O) groups is 2. The van der Waals surface area contributed by atoms with Gasteiger partial charge in [0.05, 0.1) is 11.4 Å². The first-order valence-corrected chi connectivity index (χ1v) is 6.75. The number of primary amides is 1. The number of nitrogens with one attached hydrogen (secondary N) is 1. The number of nitrogens with zero attached hydrogens (tertiary/aromatic N) is 1. The molecule has 0 unspecified atom stereocenters. The van der Waals surface area contributed by atoms with Crippen molar-refractivity contribution in [3.05, 3.63) is 11.1 Å². The van der Waals surface area contributed by atoms with Crippen LogP contribution in [-0.2, 0) is 15.3 Å². The molecular weight excluding hydrogens is 246 g/mol. The van der Waals surface area contributed by atoms with Gasteiger partial charge in [0, 0.05) is 17.6 Å². The molecule has 2 amide bonds. The van der Waals surface area contributed by atoms with E-state index in [0.717, 1.165) is 5.69 Å². The zero-order valence-electron chi connectivity index (χ0n) is 8.86. The number of anilines is 1. The van der Waals surface area contributed by atoms with Crippen molar-refractivity contribution in [2.75, 3.05) is 11.1 Å². The SMILES string of the molecule is CCC(=O)Nc1nc(CSCC(N)=O)cs1. The minimum Gasteiger partial charge on any atom is -0.369 e. The van der Waals surface area contributed by atoms with E-state index in [2.05, 4.69) is 10.3 Å². The summed E-state index contributed by atoms with van der Waals surface area (Å²) in [6.45, 7) is 1.78. The van der Waals surface area contributed by atoms with Crippen molar-refractivity contribution in [2.45, 2.75) is 19.1 Å². The number of nitrogens with two attached hydrogens (primary N) is 1. The van der Waals surface area contributed by atoms with Crippen LogP contribution in [0.4, 0.5) is 5.13 Å². The van der Waals surface area contributed by atoms with E-state index in [9.17, 15) is 9.59 Å². The second-order valence-corrected chi connectivity index (χ2v) is 4.85. The first-order valence-electron chi connectivity index (χ1n) is 4.72. The maximum atomic E-state index is 11.1. The van der Waals surface area contributed by atoms with Crippen LogP contribution in [0.2, 0.25) is 0 Å². The van der Waals surface area contributed by atoms with Gasteiger partial charge in [0.2, 0.25) is 11.8 Å². The van der Waals surface area contributed by atoms with Gasteiger partial charge in [-0.25, -0.2) is 4.98 Å². The summed E-state index contributed by atoms with van der Waals surface area (Å²) in [7, 11) is 0. The van der Waals surface area contributed by atoms with E-state index in [0.29, 0.717) is 17.3 Å². The smallest absolute Gasteiger partial charge is 0.227 e. The molecule has 1 heterocycles. The highest BCUT2D eigenvalue weighted by atomic mass is 32.2. The number of rotatable bonds is 6. The molecule has 5 nitrogen and oxygen atoms in total. The fourth-order valence-electron chi connectivity index (χ4n) is 0.895. The minimum atomic E-state index is -0.334. The summed E-state index contributed by atoms with van der Waals surface area (Å²) in [5.41, 5.74) is 5.86. The summed E-state index contributed by atoms with van der Waals surface area (Å²) in [6.07, 6.45) is 0.436. The van der Waals surface area contributed by atoms with Crippen molar-refractivity contribution >= 4 is 40.0 Å². The Hall–Kier alpha value is -1.08. The van der Waals surface area contributed by atoms with Crippen LogP contribution in [0.3, 0.4) is 0 Å². The number of hydrogen-bond acceptors (Lipinski definition) is 5. The van der Waals surface area contributed by atoms with Crippen molar-refractivity contribution in [2.24, 2.45) is 5.73 Å². The molecule has 0 radical (unpaired) electrons. The minimum absolute atomic E-state index is 0.0503. The number of thioether (sulfide) groups is 1. The van der Waals surface area contributed by atoms with Gasteiger partial charge in [-0.05, 0) is 0 Å². The van der Waals surface area contributed by atoms with E-state index in [1.165, 1.54) is 23.1 Å². The quantitative estimate of drug-likeness (QED) is 0.804. The van der Waals surface area contributed by atoms with E-state index >= 15 is 0 Å². The number of amides is 2. The molecule has 0 aliphatic carbocycles. The van der Waals surface area contributed by atoms with Gasteiger partial charge < -0.3 is 11.1 Å². The average Bonchev–Trinajstić information content (AvgIpc) is 2.65. The lowest BCUT2D eigenvalue weighted by Crippen LogP contribution is -2.13. The third-order valence-electron chi connectivity index (χ3n) is 1.61. The maximum Gasteiger partial charge on any atom is 0.227 e. The molecular formula is C9H13N3O2S2. The van der Waals surface area contributed by atoms with Crippen LogP contribution < -0.4 is 11.1 Å². The van der Waals surface area contributed by atoms with Crippen LogP contribution in [-0.4, -0.2) is 22.6 Å².